The first-order valence-corrected chi connectivity index (χ1v) is 10.6. The Kier molecular flexibility index (Phi) is 5.78. The van der Waals surface area contributed by atoms with Crippen molar-refractivity contribution in [3.05, 3.63) is 65.0 Å². The summed E-state index contributed by atoms with van der Waals surface area (Å²) in [6.45, 7) is 3.30. The number of ketones is 1. The van der Waals surface area contributed by atoms with Crippen molar-refractivity contribution in [1.82, 2.24) is 9.88 Å². The minimum atomic E-state index is -0.651. The molecule has 2 N–H and O–H groups in total. The molecule has 0 unspecified atom stereocenters. The zero-order valence-corrected chi connectivity index (χ0v) is 18.1. The van der Waals surface area contributed by atoms with Crippen molar-refractivity contribution >= 4 is 17.4 Å². The van der Waals surface area contributed by atoms with Gasteiger partial charge in [0.05, 0.1) is 32.3 Å². The van der Waals surface area contributed by atoms with E-state index >= 15 is 0 Å². The summed E-state index contributed by atoms with van der Waals surface area (Å²) >= 11 is 0. The lowest BCUT2D eigenvalue weighted by Crippen LogP contribution is -3.05. The molecule has 1 aromatic carbocycles. The Labute approximate surface area is 182 Å². The maximum Gasteiger partial charge on any atom is 0.295 e. The molecule has 2 aromatic rings. The Morgan fingerprint density at radius 2 is 1.97 bits per heavy atom. The van der Waals surface area contributed by atoms with Crippen LogP contribution in [0, 0.1) is 0 Å². The lowest BCUT2D eigenvalue weighted by molar-refractivity contribution is -0.858. The van der Waals surface area contributed by atoms with E-state index in [4.69, 9.17) is 4.74 Å². The number of likely N-dealkylation sites (tertiary alicyclic amines) is 1. The number of hydrogen-bond donors (Lipinski definition) is 2. The summed E-state index contributed by atoms with van der Waals surface area (Å²) in [6, 6.07) is 8.33. The molecule has 1 amide bonds. The average Bonchev–Trinajstić information content (AvgIpc) is 3.24. The maximum absolute atomic E-state index is 13.0. The van der Waals surface area contributed by atoms with Crippen molar-refractivity contribution in [2.24, 2.45) is 0 Å². The summed E-state index contributed by atoms with van der Waals surface area (Å²) in [5.41, 5.74) is 2.39. The van der Waals surface area contributed by atoms with Crippen LogP contribution < -0.4 is 9.64 Å². The fourth-order valence-electron chi connectivity index (χ4n) is 4.33. The van der Waals surface area contributed by atoms with Gasteiger partial charge in [-0.2, -0.15) is 0 Å². The third kappa shape index (κ3) is 4.05. The van der Waals surface area contributed by atoms with Crippen LogP contribution >= 0.6 is 0 Å². The number of carbonyl (C=O) groups excluding carboxylic acids is 2. The fraction of sp³-hybridized carbons (Fsp3) is 0.375. The molecule has 7 nitrogen and oxygen atoms in total. The van der Waals surface area contributed by atoms with E-state index in [1.165, 1.54) is 4.90 Å². The molecule has 2 atom stereocenters. The van der Waals surface area contributed by atoms with Gasteiger partial charge in [0, 0.05) is 37.3 Å². The van der Waals surface area contributed by atoms with Crippen LogP contribution in [-0.2, 0) is 16.0 Å². The van der Waals surface area contributed by atoms with E-state index in [0.29, 0.717) is 12.1 Å². The monoisotopic (exact) mass is 422 g/mol. The van der Waals surface area contributed by atoms with Gasteiger partial charge < -0.3 is 19.6 Å². The first-order valence-electron chi connectivity index (χ1n) is 10.6. The normalized spacial score (nSPS) is 22.1. The van der Waals surface area contributed by atoms with Crippen molar-refractivity contribution in [3.63, 3.8) is 0 Å². The van der Waals surface area contributed by atoms with Gasteiger partial charge in [-0.3, -0.25) is 14.6 Å². The SMILES string of the molecule is C[C@H]1Cc2cc(C(O)=C3C(=O)C(=O)N(CCC[NH+](C)C)[C@@H]3c3ccncc3)ccc2O1. The summed E-state index contributed by atoms with van der Waals surface area (Å²) in [5, 5.41) is 11.2. The minimum Gasteiger partial charge on any atom is -0.507 e. The van der Waals surface area contributed by atoms with Gasteiger partial charge in [-0.1, -0.05) is 0 Å². The molecule has 4 rings (SSSR count). The number of aromatic nitrogens is 1. The quantitative estimate of drug-likeness (QED) is 0.417. The lowest BCUT2D eigenvalue weighted by Gasteiger charge is -2.25. The van der Waals surface area contributed by atoms with Crippen LogP contribution in [0.2, 0.25) is 0 Å². The number of fused-ring (bicyclic) bond motifs is 1. The average molecular weight is 423 g/mol. The number of nitrogens with one attached hydrogen (secondary N) is 1. The highest BCUT2D eigenvalue weighted by Crippen LogP contribution is 2.40. The molecule has 0 radical (unpaired) electrons. The zero-order valence-electron chi connectivity index (χ0n) is 18.1. The standard InChI is InChI=1S/C24H27N3O4/c1-15-13-18-14-17(5-6-19(18)31-15)22(28)20-21(16-7-9-25-10-8-16)27(24(30)23(20)29)12-4-11-26(2)3/h5-10,14-15,21,28H,4,11-13H2,1-3H3/p+1/t15-,21+/m0/s1. The molecular formula is C24H28N3O4+. The molecule has 2 aliphatic rings. The Hall–Kier alpha value is -3.19. The maximum atomic E-state index is 13.0. The minimum absolute atomic E-state index is 0.0774. The number of nitrogens with zero attached hydrogens (tertiary/aromatic N) is 2. The van der Waals surface area contributed by atoms with Crippen LogP contribution in [0.4, 0.5) is 0 Å². The van der Waals surface area contributed by atoms with Crippen molar-refractivity contribution < 1.29 is 24.3 Å². The molecule has 1 aromatic heterocycles. The number of aliphatic hydroxyl groups is 1. The Morgan fingerprint density at radius 1 is 1.23 bits per heavy atom. The van der Waals surface area contributed by atoms with Gasteiger partial charge in [0.1, 0.15) is 17.6 Å². The van der Waals surface area contributed by atoms with E-state index < -0.39 is 17.7 Å². The van der Waals surface area contributed by atoms with Gasteiger partial charge in [0.15, 0.2) is 0 Å². The van der Waals surface area contributed by atoms with Crippen molar-refractivity contribution in [1.29, 1.82) is 0 Å². The summed E-state index contributed by atoms with van der Waals surface area (Å²) in [4.78, 5) is 32.9. The molecule has 31 heavy (non-hydrogen) atoms. The van der Waals surface area contributed by atoms with Crippen LogP contribution in [0.5, 0.6) is 5.75 Å². The number of hydrogen-bond acceptors (Lipinski definition) is 5. The van der Waals surface area contributed by atoms with Crippen LogP contribution in [-0.4, -0.2) is 60.0 Å². The smallest absolute Gasteiger partial charge is 0.295 e. The van der Waals surface area contributed by atoms with Crippen molar-refractivity contribution in [2.45, 2.75) is 31.9 Å². The molecule has 0 bridgehead atoms. The molecule has 0 aliphatic carbocycles. The number of pyridine rings is 1. The number of Topliss-reactive ketones (excluding diaryl/α,β-unsaturated/α-hetero) is 1. The van der Waals surface area contributed by atoms with E-state index in [0.717, 1.165) is 36.3 Å². The number of amides is 1. The molecular weight excluding hydrogens is 394 g/mol. The van der Waals surface area contributed by atoms with E-state index in [1.807, 2.05) is 33.2 Å². The van der Waals surface area contributed by atoms with Crippen molar-refractivity contribution in [2.75, 3.05) is 27.2 Å². The summed E-state index contributed by atoms with van der Waals surface area (Å²) in [6.07, 6.45) is 4.84. The van der Waals surface area contributed by atoms with Crippen LogP contribution in [0.3, 0.4) is 0 Å². The van der Waals surface area contributed by atoms with Crippen LogP contribution in [0.15, 0.2) is 48.3 Å². The van der Waals surface area contributed by atoms with Crippen molar-refractivity contribution in [3.8, 4) is 5.75 Å². The number of benzene rings is 1. The highest BCUT2D eigenvalue weighted by molar-refractivity contribution is 6.46. The Bertz CT molecular complexity index is 1030. The molecule has 0 saturated carbocycles. The second-order valence-corrected chi connectivity index (χ2v) is 8.54. The number of carbonyl (C=O) groups is 2. The number of aliphatic hydroxyl groups excluding tert-OH is 1. The topological polar surface area (TPSA) is 84.2 Å². The van der Waals surface area contributed by atoms with Gasteiger partial charge in [-0.25, -0.2) is 0 Å². The third-order valence-electron chi connectivity index (χ3n) is 5.81. The lowest BCUT2D eigenvalue weighted by atomic mass is 9.95. The van der Waals surface area contributed by atoms with Crippen LogP contribution in [0.25, 0.3) is 5.76 Å². The largest absolute Gasteiger partial charge is 0.507 e. The van der Waals surface area contributed by atoms with Gasteiger partial charge in [-0.15, -0.1) is 0 Å². The van der Waals surface area contributed by atoms with Gasteiger partial charge in [-0.05, 0) is 48.4 Å². The number of rotatable bonds is 6. The highest BCUT2D eigenvalue weighted by atomic mass is 16.5. The predicted molar refractivity (Wildman–Crippen MR) is 116 cm³/mol. The molecule has 1 saturated heterocycles. The Balaban J connectivity index is 1.76. The molecule has 1 fully saturated rings. The van der Waals surface area contributed by atoms with E-state index in [-0.39, 0.29) is 17.4 Å². The predicted octanol–water partition coefficient (Wildman–Crippen LogP) is 1.36. The van der Waals surface area contributed by atoms with Gasteiger partial charge in [0.25, 0.3) is 11.7 Å². The first-order chi connectivity index (χ1) is 14.9. The molecule has 162 valence electrons. The number of ether oxygens (including phenoxy) is 1. The third-order valence-corrected chi connectivity index (χ3v) is 5.81. The van der Waals surface area contributed by atoms with E-state index in [9.17, 15) is 14.7 Å². The summed E-state index contributed by atoms with van der Waals surface area (Å²) in [5.74, 6) is -0.582. The second kappa shape index (κ2) is 8.51. The van der Waals surface area contributed by atoms with E-state index in [2.05, 4.69) is 4.98 Å². The summed E-state index contributed by atoms with van der Waals surface area (Å²) < 4.78 is 5.74. The Morgan fingerprint density at radius 3 is 2.68 bits per heavy atom. The number of quaternary nitrogens is 1. The fourth-order valence-corrected chi connectivity index (χ4v) is 4.33. The van der Waals surface area contributed by atoms with Gasteiger partial charge >= 0.3 is 0 Å². The molecule has 0 spiro atoms. The molecule has 3 heterocycles. The van der Waals surface area contributed by atoms with Gasteiger partial charge in [0.2, 0.25) is 0 Å². The molecule has 7 heteroatoms. The zero-order chi connectivity index (χ0) is 22.1. The highest BCUT2D eigenvalue weighted by Gasteiger charge is 2.45. The van der Waals surface area contributed by atoms with Crippen LogP contribution in [0.1, 0.15) is 36.1 Å². The second-order valence-electron chi connectivity index (χ2n) is 8.54. The molecule has 2 aliphatic heterocycles. The first kappa shape index (κ1) is 21.1. The van der Waals surface area contributed by atoms with E-state index in [1.54, 1.807) is 35.5 Å². The summed E-state index contributed by atoms with van der Waals surface area (Å²) in [7, 11) is 4.10.